The maximum Gasteiger partial charge on any atom is 0.0662 e. The summed E-state index contributed by atoms with van der Waals surface area (Å²) in [5.74, 6) is 0. The number of rotatable bonds is 5. The number of nitrogens with one attached hydrogen (secondary N) is 1. The van der Waals surface area contributed by atoms with Crippen LogP contribution in [-0.2, 0) is 19.5 Å². The zero-order valence-electron chi connectivity index (χ0n) is 13.3. The quantitative estimate of drug-likeness (QED) is 0.903. The average molecular weight is 306 g/mol. The summed E-state index contributed by atoms with van der Waals surface area (Å²) in [6.45, 7) is 10.4. The van der Waals surface area contributed by atoms with Crippen LogP contribution >= 0.6 is 11.6 Å². The van der Waals surface area contributed by atoms with Crippen LogP contribution in [-0.4, -0.2) is 15.3 Å². The summed E-state index contributed by atoms with van der Waals surface area (Å²) in [7, 11) is 0. The van der Waals surface area contributed by atoms with Gasteiger partial charge in [-0.05, 0) is 44.9 Å². The Bertz CT molecular complexity index is 579. The number of nitrogens with zero attached hydrogens (tertiary/aromatic N) is 2. The molecule has 0 aliphatic heterocycles. The lowest BCUT2D eigenvalue weighted by atomic mass is 10.1. The van der Waals surface area contributed by atoms with Crippen LogP contribution in [0.15, 0.2) is 30.5 Å². The highest BCUT2D eigenvalue weighted by molar-refractivity contribution is 6.30. The van der Waals surface area contributed by atoms with Gasteiger partial charge in [0.15, 0.2) is 0 Å². The molecule has 0 aliphatic carbocycles. The number of benzene rings is 1. The molecular weight excluding hydrogens is 282 g/mol. The Balaban J connectivity index is 2.13. The minimum Gasteiger partial charge on any atom is -0.308 e. The lowest BCUT2D eigenvalue weighted by Gasteiger charge is -2.20. The van der Waals surface area contributed by atoms with Gasteiger partial charge < -0.3 is 5.32 Å². The van der Waals surface area contributed by atoms with Crippen molar-refractivity contribution in [3.05, 3.63) is 52.3 Å². The fourth-order valence-electron chi connectivity index (χ4n) is 2.27. The van der Waals surface area contributed by atoms with Gasteiger partial charge in [-0.3, -0.25) is 4.68 Å². The molecule has 1 aromatic heterocycles. The Morgan fingerprint density at radius 2 is 1.86 bits per heavy atom. The first-order valence-electron chi connectivity index (χ1n) is 7.42. The third kappa shape index (κ3) is 4.58. The Hall–Kier alpha value is -1.32. The van der Waals surface area contributed by atoms with Crippen molar-refractivity contribution in [3.8, 4) is 0 Å². The SMILES string of the molecule is CCc1c(CNC(C)(C)C)cnn1Cc1ccc(Cl)cc1. The Labute approximate surface area is 132 Å². The van der Waals surface area contributed by atoms with Gasteiger partial charge in [0, 0.05) is 28.4 Å². The van der Waals surface area contributed by atoms with E-state index in [2.05, 4.69) is 54.9 Å². The number of aromatic nitrogens is 2. The predicted octanol–water partition coefficient (Wildman–Crippen LogP) is 4.04. The van der Waals surface area contributed by atoms with Crippen LogP contribution in [0.3, 0.4) is 0 Å². The van der Waals surface area contributed by atoms with Gasteiger partial charge in [-0.2, -0.15) is 5.10 Å². The Kier molecular flexibility index (Phi) is 5.07. The molecule has 114 valence electrons. The van der Waals surface area contributed by atoms with Crippen molar-refractivity contribution in [2.75, 3.05) is 0 Å². The summed E-state index contributed by atoms with van der Waals surface area (Å²) >= 11 is 5.93. The average Bonchev–Trinajstić information content (AvgIpc) is 2.80. The first-order valence-corrected chi connectivity index (χ1v) is 7.80. The van der Waals surface area contributed by atoms with Crippen molar-refractivity contribution in [1.29, 1.82) is 0 Å². The highest BCUT2D eigenvalue weighted by Crippen LogP contribution is 2.15. The van der Waals surface area contributed by atoms with Gasteiger partial charge in [0.05, 0.1) is 12.7 Å². The molecule has 0 aliphatic rings. The van der Waals surface area contributed by atoms with E-state index in [0.29, 0.717) is 0 Å². The molecule has 1 aromatic carbocycles. The van der Waals surface area contributed by atoms with Crippen LogP contribution in [0.25, 0.3) is 0 Å². The fourth-order valence-corrected chi connectivity index (χ4v) is 2.39. The summed E-state index contributed by atoms with van der Waals surface area (Å²) in [6, 6.07) is 7.95. The summed E-state index contributed by atoms with van der Waals surface area (Å²) in [5.41, 5.74) is 3.90. The zero-order chi connectivity index (χ0) is 15.5. The molecule has 0 fully saturated rings. The molecule has 4 heteroatoms. The molecule has 0 amide bonds. The van der Waals surface area contributed by atoms with Crippen molar-refractivity contribution in [1.82, 2.24) is 15.1 Å². The van der Waals surface area contributed by atoms with E-state index < -0.39 is 0 Å². The molecule has 0 saturated carbocycles. The molecule has 21 heavy (non-hydrogen) atoms. The largest absolute Gasteiger partial charge is 0.308 e. The molecule has 2 rings (SSSR count). The van der Waals surface area contributed by atoms with Crippen LogP contribution in [0.1, 0.15) is 44.5 Å². The lowest BCUT2D eigenvalue weighted by molar-refractivity contribution is 0.423. The van der Waals surface area contributed by atoms with Gasteiger partial charge in [-0.15, -0.1) is 0 Å². The van der Waals surface area contributed by atoms with Crippen LogP contribution < -0.4 is 5.32 Å². The minimum atomic E-state index is 0.114. The van der Waals surface area contributed by atoms with Crippen molar-refractivity contribution in [2.24, 2.45) is 0 Å². The van der Waals surface area contributed by atoms with Crippen LogP contribution in [0.5, 0.6) is 0 Å². The highest BCUT2D eigenvalue weighted by Gasteiger charge is 2.13. The molecular formula is C17H24ClN3. The second-order valence-corrected chi connectivity index (χ2v) is 6.79. The van der Waals surface area contributed by atoms with E-state index in [-0.39, 0.29) is 5.54 Å². The molecule has 0 unspecified atom stereocenters. The predicted molar refractivity (Wildman–Crippen MR) is 88.8 cm³/mol. The van der Waals surface area contributed by atoms with E-state index in [9.17, 15) is 0 Å². The molecule has 3 nitrogen and oxygen atoms in total. The van der Waals surface area contributed by atoms with Gasteiger partial charge in [-0.1, -0.05) is 30.7 Å². The first-order chi connectivity index (χ1) is 9.89. The number of hydrogen-bond acceptors (Lipinski definition) is 2. The smallest absolute Gasteiger partial charge is 0.0662 e. The second kappa shape index (κ2) is 6.63. The summed E-state index contributed by atoms with van der Waals surface area (Å²) in [5, 5.41) is 8.84. The van der Waals surface area contributed by atoms with E-state index in [1.54, 1.807) is 0 Å². The topological polar surface area (TPSA) is 29.9 Å². The molecule has 1 N–H and O–H groups in total. The van der Waals surface area contributed by atoms with Crippen LogP contribution in [0, 0.1) is 0 Å². The molecule has 0 bridgehead atoms. The van der Waals surface area contributed by atoms with Crippen LogP contribution in [0.4, 0.5) is 0 Å². The summed E-state index contributed by atoms with van der Waals surface area (Å²) in [6.07, 6.45) is 2.96. The molecule has 1 heterocycles. The standard InChI is InChI=1S/C17H24ClN3/c1-5-16-14(10-19-17(2,3)4)11-20-21(16)12-13-6-8-15(18)9-7-13/h6-9,11,19H,5,10,12H2,1-4H3. The summed E-state index contributed by atoms with van der Waals surface area (Å²) in [4.78, 5) is 0. The fraction of sp³-hybridized carbons (Fsp3) is 0.471. The van der Waals surface area contributed by atoms with Crippen molar-refractivity contribution >= 4 is 11.6 Å². The first kappa shape index (κ1) is 16.1. The van der Waals surface area contributed by atoms with E-state index in [0.717, 1.165) is 24.5 Å². The molecule has 0 atom stereocenters. The van der Waals surface area contributed by atoms with E-state index in [4.69, 9.17) is 11.6 Å². The monoisotopic (exact) mass is 305 g/mol. The maximum atomic E-state index is 5.93. The number of hydrogen-bond donors (Lipinski definition) is 1. The molecule has 0 spiro atoms. The minimum absolute atomic E-state index is 0.114. The van der Waals surface area contributed by atoms with Gasteiger partial charge in [-0.25, -0.2) is 0 Å². The molecule has 2 aromatic rings. The molecule has 0 saturated heterocycles. The van der Waals surface area contributed by atoms with Crippen molar-refractivity contribution in [2.45, 2.75) is 52.7 Å². The van der Waals surface area contributed by atoms with E-state index in [1.807, 2.05) is 18.3 Å². The second-order valence-electron chi connectivity index (χ2n) is 6.36. The van der Waals surface area contributed by atoms with Crippen LogP contribution in [0.2, 0.25) is 5.02 Å². The van der Waals surface area contributed by atoms with E-state index in [1.165, 1.54) is 16.8 Å². The lowest BCUT2D eigenvalue weighted by Crippen LogP contribution is -2.35. The van der Waals surface area contributed by atoms with Gasteiger partial charge in [0.25, 0.3) is 0 Å². The van der Waals surface area contributed by atoms with Crippen molar-refractivity contribution in [3.63, 3.8) is 0 Å². The maximum absolute atomic E-state index is 5.93. The zero-order valence-corrected chi connectivity index (χ0v) is 14.0. The van der Waals surface area contributed by atoms with E-state index >= 15 is 0 Å². The van der Waals surface area contributed by atoms with Gasteiger partial charge in [0.1, 0.15) is 0 Å². The molecule has 0 radical (unpaired) electrons. The van der Waals surface area contributed by atoms with Gasteiger partial charge >= 0.3 is 0 Å². The third-order valence-electron chi connectivity index (χ3n) is 3.42. The highest BCUT2D eigenvalue weighted by atomic mass is 35.5. The van der Waals surface area contributed by atoms with Crippen molar-refractivity contribution < 1.29 is 0 Å². The Morgan fingerprint density at radius 1 is 1.19 bits per heavy atom. The summed E-state index contributed by atoms with van der Waals surface area (Å²) < 4.78 is 2.09. The van der Waals surface area contributed by atoms with Gasteiger partial charge in [0.2, 0.25) is 0 Å². The number of halogens is 1. The Morgan fingerprint density at radius 3 is 2.43 bits per heavy atom. The normalized spacial score (nSPS) is 11.9. The third-order valence-corrected chi connectivity index (χ3v) is 3.68.